The van der Waals surface area contributed by atoms with Crippen molar-refractivity contribution in [3.63, 3.8) is 0 Å². The molecule has 0 aliphatic carbocycles. The van der Waals surface area contributed by atoms with Gasteiger partial charge in [0.2, 0.25) is 0 Å². The summed E-state index contributed by atoms with van der Waals surface area (Å²) < 4.78 is 32.6. The van der Waals surface area contributed by atoms with Crippen LogP contribution < -0.4 is 5.73 Å². The number of esters is 2. The molecule has 0 radical (unpaired) electrons. The summed E-state index contributed by atoms with van der Waals surface area (Å²) in [7, 11) is -4.37. The number of carbonyl (C=O) groups is 2. The molecule has 10 heteroatoms. The van der Waals surface area contributed by atoms with E-state index in [1.165, 1.54) is 57.8 Å². The molecule has 0 bridgehead atoms. The first-order chi connectivity index (χ1) is 25.8. The van der Waals surface area contributed by atoms with Crippen molar-refractivity contribution >= 4 is 19.8 Å². The van der Waals surface area contributed by atoms with Crippen LogP contribution in [0.15, 0.2) is 60.8 Å². The lowest BCUT2D eigenvalue weighted by molar-refractivity contribution is -0.161. The van der Waals surface area contributed by atoms with Gasteiger partial charge in [-0.2, -0.15) is 0 Å². The highest BCUT2D eigenvalue weighted by atomic mass is 31.2. The molecule has 0 aromatic heterocycles. The van der Waals surface area contributed by atoms with Crippen LogP contribution in [-0.2, 0) is 32.7 Å². The number of rotatable bonds is 38. The molecule has 0 heterocycles. The van der Waals surface area contributed by atoms with Crippen LogP contribution in [0, 0.1) is 0 Å². The van der Waals surface area contributed by atoms with Crippen LogP contribution in [0.3, 0.4) is 0 Å². The SMILES string of the molecule is CC/C=C\C/C=C\C/C=C\C/C=C\C/C=C\CCCCCCCCCCCC(=O)OC(COC(=O)CCCCCCCCC)COP(=O)(O)OCCN. The molecule has 0 amide bonds. The molecule has 0 aromatic rings. The Kier molecular flexibility index (Phi) is 37.7. The third kappa shape index (κ3) is 39.2. The van der Waals surface area contributed by atoms with Crippen molar-refractivity contribution in [3.05, 3.63) is 60.8 Å². The summed E-state index contributed by atoms with van der Waals surface area (Å²) in [5.41, 5.74) is 5.33. The average Bonchev–Trinajstić information content (AvgIpc) is 3.14. The van der Waals surface area contributed by atoms with Gasteiger partial charge in [-0.25, -0.2) is 4.57 Å². The molecule has 0 fully saturated rings. The predicted octanol–water partition coefficient (Wildman–Crippen LogP) is 11.7. The van der Waals surface area contributed by atoms with Crippen molar-refractivity contribution in [1.82, 2.24) is 0 Å². The van der Waals surface area contributed by atoms with Crippen molar-refractivity contribution in [2.24, 2.45) is 5.73 Å². The van der Waals surface area contributed by atoms with E-state index in [1.54, 1.807) is 0 Å². The first-order valence-corrected chi connectivity index (χ1v) is 22.3. The lowest BCUT2D eigenvalue weighted by Gasteiger charge is -2.19. The van der Waals surface area contributed by atoms with Crippen LogP contribution in [0.5, 0.6) is 0 Å². The van der Waals surface area contributed by atoms with Crippen molar-refractivity contribution in [2.75, 3.05) is 26.4 Å². The molecule has 2 unspecified atom stereocenters. The maximum absolute atomic E-state index is 12.5. The van der Waals surface area contributed by atoms with Crippen LogP contribution in [0.2, 0.25) is 0 Å². The number of carbonyl (C=O) groups excluding carboxylic acids is 2. The quantitative estimate of drug-likeness (QED) is 0.0272. The van der Waals surface area contributed by atoms with Crippen LogP contribution >= 0.6 is 7.82 Å². The number of allylic oxidation sites excluding steroid dienone is 10. The molecule has 0 aliphatic rings. The van der Waals surface area contributed by atoms with Gasteiger partial charge in [-0.3, -0.25) is 18.6 Å². The van der Waals surface area contributed by atoms with Crippen molar-refractivity contribution < 1.29 is 37.6 Å². The van der Waals surface area contributed by atoms with Gasteiger partial charge in [-0.1, -0.05) is 158 Å². The Balaban J connectivity index is 4.04. The molecular weight excluding hydrogens is 689 g/mol. The average molecular weight is 766 g/mol. The summed E-state index contributed by atoms with van der Waals surface area (Å²) in [4.78, 5) is 34.6. The highest BCUT2D eigenvalue weighted by Gasteiger charge is 2.26. The molecular formula is C43H76NO8P. The van der Waals surface area contributed by atoms with E-state index in [4.69, 9.17) is 24.3 Å². The van der Waals surface area contributed by atoms with Gasteiger partial charge >= 0.3 is 19.8 Å². The number of hydrogen-bond acceptors (Lipinski definition) is 8. The fraction of sp³-hybridized carbons (Fsp3) is 0.721. The van der Waals surface area contributed by atoms with E-state index < -0.39 is 32.5 Å². The van der Waals surface area contributed by atoms with Crippen LogP contribution in [-0.4, -0.2) is 49.3 Å². The molecule has 2 atom stereocenters. The van der Waals surface area contributed by atoms with Crippen molar-refractivity contribution in [1.29, 1.82) is 0 Å². The minimum Gasteiger partial charge on any atom is -0.462 e. The Morgan fingerprint density at radius 3 is 1.55 bits per heavy atom. The highest BCUT2D eigenvalue weighted by molar-refractivity contribution is 7.47. The molecule has 53 heavy (non-hydrogen) atoms. The Labute approximate surface area is 323 Å². The van der Waals surface area contributed by atoms with Gasteiger partial charge in [0.25, 0.3) is 0 Å². The van der Waals surface area contributed by atoms with Gasteiger partial charge in [-0.05, 0) is 57.8 Å². The first-order valence-electron chi connectivity index (χ1n) is 20.8. The van der Waals surface area contributed by atoms with E-state index in [-0.39, 0.29) is 32.6 Å². The fourth-order valence-corrected chi connectivity index (χ4v) is 6.13. The Morgan fingerprint density at radius 1 is 0.585 bits per heavy atom. The first kappa shape index (κ1) is 50.7. The van der Waals surface area contributed by atoms with E-state index in [0.29, 0.717) is 6.42 Å². The van der Waals surface area contributed by atoms with E-state index in [1.807, 2.05) is 0 Å². The molecule has 3 N–H and O–H groups in total. The molecule has 9 nitrogen and oxygen atoms in total. The molecule has 0 rings (SSSR count). The number of unbranched alkanes of at least 4 members (excludes halogenated alkanes) is 15. The Bertz CT molecular complexity index is 1050. The second-order valence-electron chi connectivity index (χ2n) is 13.5. The van der Waals surface area contributed by atoms with Crippen molar-refractivity contribution in [3.8, 4) is 0 Å². The second-order valence-corrected chi connectivity index (χ2v) is 14.9. The number of phosphoric acid groups is 1. The van der Waals surface area contributed by atoms with E-state index in [2.05, 4.69) is 74.6 Å². The molecule has 0 saturated carbocycles. The van der Waals surface area contributed by atoms with Gasteiger partial charge in [0.05, 0.1) is 13.2 Å². The standard InChI is InChI=1S/C43H76NO8P/c1-3-5-7-9-11-12-13-14-15-16-17-18-19-20-21-22-23-24-25-26-27-28-30-32-34-36-43(46)52-41(40-51-53(47,48)50-38-37-44)39-49-42(45)35-33-31-29-10-8-6-4-2/h5,7,11-12,14-15,17-18,20-21,41H,3-4,6,8-10,13,16,19,22-40,44H2,1-2H3,(H,47,48)/b7-5-,12-11-,15-14-,18-17-,21-20-. The minimum atomic E-state index is -4.37. The van der Waals surface area contributed by atoms with Crippen LogP contribution in [0.4, 0.5) is 0 Å². The monoisotopic (exact) mass is 766 g/mol. The van der Waals surface area contributed by atoms with Crippen LogP contribution in [0.1, 0.15) is 168 Å². The largest absolute Gasteiger partial charge is 0.472 e. The number of ether oxygens (including phenoxy) is 2. The number of hydrogen-bond donors (Lipinski definition) is 2. The smallest absolute Gasteiger partial charge is 0.462 e. The van der Waals surface area contributed by atoms with Gasteiger partial charge in [0, 0.05) is 19.4 Å². The topological polar surface area (TPSA) is 134 Å². The summed E-state index contributed by atoms with van der Waals surface area (Å²) in [5, 5.41) is 0. The van der Waals surface area contributed by atoms with E-state index >= 15 is 0 Å². The Hall–Kier alpha value is -2.29. The van der Waals surface area contributed by atoms with Gasteiger partial charge < -0.3 is 20.1 Å². The predicted molar refractivity (Wildman–Crippen MR) is 219 cm³/mol. The minimum absolute atomic E-state index is 0.0506. The zero-order chi connectivity index (χ0) is 38.9. The normalized spacial score (nSPS) is 14.0. The molecule has 0 saturated heterocycles. The highest BCUT2D eigenvalue weighted by Crippen LogP contribution is 2.43. The van der Waals surface area contributed by atoms with Gasteiger partial charge in [0.1, 0.15) is 6.61 Å². The summed E-state index contributed by atoms with van der Waals surface area (Å²) in [6.07, 6.45) is 45.6. The van der Waals surface area contributed by atoms with Crippen LogP contribution in [0.25, 0.3) is 0 Å². The van der Waals surface area contributed by atoms with E-state index in [9.17, 15) is 19.0 Å². The third-order valence-corrected chi connectivity index (χ3v) is 9.40. The number of phosphoric ester groups is 1. The summed E-state index contributed by atoms with van der Waals surface area (Å²) >= 11 is 0. The molecule has 306 valence electrons. The number of nitrogens with two attached hydrogens (primary N) is 1. The fourth-order valence-electron chi connectivity index (χ4n) is 5.37. The van der Waals surface area contributed by atoms with E-state index in [0.717, 1.165) is 77.0 Å². The second kappa shape index (κ2) is 39.4. The summed E-state index contributed by atoms with van der Waals surface area (Å²) in [6, 6.07) is 0. The lowest BCUT2D eigenvalue weighted by Crippen LogP contribution is -2.29. The van der Waals surface area contributed by atoms with Gasteiger partial charge in [0.15, 0.2) is 6.10 Å². The van der Waals surface area contributed by atoms with Gasteiger partial charge in [-0.15, -0.1) is 0 Å². The van der Waals surface area contributed by atoms with Crippen molar-refractivity contribution in [2.45, 2.75) is 174 Å². The maximum Gasteiger partial charge on any atom is 0.472 e. The molecule has 0 aliphatic heterocycles. The zero-order valence-electron chi connectivity index (χ0n) is 33.5. The lowest BCUT2D eigenvalue weighted by atomic mass is 10.1. The Morgan fingerprint density at radius 2 is 1.04 bits per heavy atom. The maximum atomic E-state index is 12.5. The molecule has 0 spiro atoms. The summed E-state index contributed by atoms with van der Waals surface area (Å²) in [5.74, 6) is -0.846. The zero-order valence-corrected chi connectivity index (χ0v) is 34.4. The summed E-state index contributed by atoms with van der Waals surface area (Å²) in [6.45, 7) is 3.54. The third-order valence-electron chi connectivity index (χ3n) is 8.42. The molecule has 0 aromatic carbocycles.